The van der Waals surface area contributed by atoms with E-state index in [1.165, 1.54) is 6.92 Å². The van der Waals surface area contributed by atoms with Crippen molar-refractivity contribution in [3.05, 3.63) is 96.2 Å². The van der Waals surface area contributed by atoms with Gasteiger partial charge >= 0.3 is 5.89 Å². The molecular formula is C32H35N2O8S2+. The molecule has 1 aromatic heterocycles. The first-order valence-electron chi connectivity index (χ1n) is 14.3. The van der Waals surface area contributed by atoms with Crippen molar-refractivity contribution in [2.45, 2.75) is 44.9 Å². The molecule has 232 valence electrons. The van der Waals surface area contributed by atoms with Crippen molar-refractivity contribution < 1.29 is 39.7 Å². The van der Waals surface area contributed by atoms with Gasteiger partial charge in [0, 0.05) is 25.1 Å². The second-order valence-corrected chi connectivity index (χ2v) is 14.1. The summed E-state index contributed by atoms with van der Waals surface area (Å²) in [5.41, 5.74) is 5.03. The van der Waals surface area contributed by atoms with Crippen LogP contribution in [0.15, 0.2) is 94.7 Å². The second kappa shape index (κ2) is 12.9. The van der Waals surface area contributed by atoms with E-state index < -0.39 is 25.5 Å². The van der Waals surface area contributed by atoms with Gasteiger partial charge in [0.2, 0.25) is 11.5 Å². The summed E-state index contributed by atoms with van der Waals surface area (Å²) in [5.74, 6) is 1.25. The van der Waals surface area contributed by atoms with Crippen molar-refractivity contribution in [2.75, 3.05) is 17.2 Å². The zero-order chi connectivity index (χ0) is 31.5. The van der Waals surface area contributed by atoms with E-state index in [1.54, 1.807) is 0 Å². The number of oxazole rings is 1. The maximum Gasteiger partial charge on any atom is 0.374 e. The van der Waals surface area contributed by atoms with Crippen molar-refractivity contribution >= 4 is 43.1 Å². The van der Waals surface area contributed by atoms with Crippen LogP contribution in [-0.4, -0.2) is 43.5 Å². The van der Waals surface area contributed by atoms with E-state index in [4.69, 9.17) is 9.15 Å². The Balaban J connectivity index is 1.52. The van der Waals surface area contributed by atoms with Gasteiger partial charge in [-0.05, 0) is 54.7 Å². The molecule has 2 N–H and O–H groups in total. The van der Waals surface area contributed by atoms with Crippen LogP contribution < -0.4 is 14.2 Å². The van der Waals surface area contributed by atoms with Gasteiger partial charge in [0.05, 0.1) is 22.8 Å². The van der Waals surface area contributed by atoms with Gasteiger partial charge in [0.25, 0.3) is 25.8 Å². The van der Waals surface area contributed by atoms with Crippen LogP contribution >= 0.6 is 0 Å². The molecule has 1 atom stereocenters. The van der Waals surface area contributed by atoms with Gasteiger partial charge in [-0.15, -0.1) is 0 Å². The van der Waals surface area contributed by atoms with Crippen LogP contribution in [0, 0.1) is 0 Å². The average molecular weight is 640 g/mol. The van der Waals surface area contributed by atoms with Crippen LogP contribution in [0.2, 0.25) is 0 Å². The fraction of sp³-hybridized carbons (Fsp3) is 0.281. The van der Waals surface area contributed by atoms with E-state index in [0.717, 1.165) is 27.9 Å². The zero-order valence-electron chi connectivity index (χ0n) is 24.5. The Hall–Kier alpha value is -3.97. The standard InChI is InChI=1S/C32H34N2O8S2/c1-3-24(20-31-33(17-9-19-43(35,36)37)27-12-7-8-13-29(27)41-31)21-32-34(18-16-23(2)44(38,39)40)28-22-26(14-15-30(28)42-32)25-10-5-4-6-11-25/h4-8,10-15,20-23H,3,9,16-19H2,1-2H3,(H-,35,36,37,38,39,40)/p+1. The van der Waals surface area contributed by atoms with Gasteiger partial charge in [-0.3, -0.25) is 9.11 Å². The molecule has 0 aliphatic carbocycles. The fourth-order valence-corrected chi connectivity index (χ4v) is 5.97. The molecule has 44 heavy (non-hydrogen) atoms. The largest absolute Gasteiger partial charge is 0.439 e. The highest BCUT2D eigenvalue weighted by Gasteiger charge is 2.29. The normalized spacial score (nSPS) is 15.5. The number of fused-ring (bicyclic) bond motifs is 2. The number of para-hydroxylation sites is 2. The third-order valence-electron chi connectivity index (χ3n) is 7.55. The molecule has 12 heteroatoms. The average Bonchev–Trinajstić information content (AvgIpc) is 3.51. The van der Waals surface area contributed by atoms with E-state index in [9.17, 15) is 25.9 Å². The lowest BCUT2D eigenvalue weighted by molar-refractivity contribution is -0.677. The number of ether oxygens (including phenoxy) is 1. The minimum atomic E-state index is -4.21. The first kappa shape index (κ1) is 31.5. The molecule has 10 nitrogen and oxygen atoms in total. The molecule has 0 bridgehead atoms. The Morgan fingerprint density at radius 1 is 0.977 bits per heavy atom. The Morgan fingerprint density at radius 2 is 1.70 bits per heavy atom. The maximum absolute atomic E-state index is 11.8. The minimum absolute atomic E-state index is 0.164. The SMILES string of the molecule is CCC(=Cc1oc2ccccc2[n+]1CCCS(=O)(=O)O)C=C1Oc2ccc(-c3ccccc3)cc2N1CCC(C)S(=O)(=O)O. The summed E-state index contributed by atoms with van der Waals surface area (Å²) >= 11 is 0. The molecule has 0 fully saturated rings. The van der Waals surface area contributed by atoms with Gasteiger partial charge in [0.1, 0.15) is 0 Å². The zero-order valence-corrected chi connectivity index (χ0v) is 26.1. The summed E-state index contributed by atoms with van der Waals surface area (Å²) in [4.78, 5) is 1.91. The molecule has 1 aliphatic heterocycles. The Labute approximate surface area is 257 Å². The molecule has 0 saturated carbocycles. The van der Waals surface area contributed by atoms with E-state index in [0.29, 0.717) is 36.1 Å². The maximum atomic E-state index is 11.8. The summed E-state index contributed by atoms with van der Waals surface area (Å²) in [6.45, 7) is 4.03. The lowest BCUT2D eigenvalue weighted by Gasteiger charge is -2.20. The van der Waals surface area contributed by atoms with Crippen LogP contribution in [-0.2, 0) is 26.8 Å². The molecule has 4 aromatic rings. The fourth-order valence-electron chi connectivity index (χ4n) is 5.07. The van der Waals surface area contributed by atoms with Crippen molar-refractivity contribution in [3.63, 3.8) is 0 Å². The summed E-state index contributed by atoms with van der Waals surface area (Å²) in [5, 5.41) is -0.969. The number of nitrogens with zero attached hydrogens (tertiary/aromatic N) is 2. The smallest absolute Gasteiger partial charge is 0.374 e. The molecule has 0 spiro atoms. The van der Waals surface area contributed by atoms with Crippen molar-refractivity contribution in [2.24, 2.45) is 0 Å². The monoisotopic (exact) mass is 639 g/mol. The summed E-state index contributed by atoms with van der Waals surface area (Å²) < 4.78 is 79.4. The number of rotatable bonds is 12. The molecule has 5 rings (SSSR count). The molecule has 0 radical (unpaired) electrons. The number of hydrogen-bond acceptors (Lipinski definition) is 7. The summed E-state index contributed by atoms with van der Waals surface area (Å²) in [7, 11) is -8.32. The Morgan fingerprint density at radius 3 is 2.41 bits per heavy atom. The first-order chi connectivity index (χ1) is 20.9. The number of anilines is 1. The molecule has 1 unspecified atom stereocenters. The second-order valence-electron chi connectivity index (χ2n) is 10.7. The van der Waals surface area contributed by atoms with E-state index in [2.05, 4.69) is 0 Å². The van der Waals surface area contributed by atoms with E-state index >= 15 is 0 Å². The van der Waals surface area contributed by atoms with Crippen LogP contribution in [0.25, 0.3) is 28.3 Å². The third-order valence-corrected chi connectivity index (χ3v) is 9.61. The topological polar surface area (TPSA) is 138 Å². The Kier molecular flexibility index (Phi) is 9.26. The molecule has 0 amide bonds. The Bertz CT molecular complexity index is 1930. The molecule has 0 saturated heterocycles. The van der Waals surface area contributed by atoms with Gasteiger partial charge in [-0.1, -0.05) is 55.5 Å². The predicted molar refractivity (Wildman–Crippen MR) is 169 cm³/mol. The van der Waals surface area contributed by atoms with Crippen molar-refractivity contribution in [1.29, 1.82) is 0 Å². The lowest BCUT2D eigenvalue weighted by Crippen LogP contribution is -2.36. The number of allylic oxidation sites excluding steroid dienone is 2. The number of benzene rings is 3. The van der Waals surface area contributed by atoms with E-state index in [1.807, 2.05) is 101 Å². The highest BCUT2D eigenvalue weighted by molar-refractivity contribution is 7.86. The predicted octanol–water partition coefficient (Wildman–Crippen LogP) is 5.87. The summed E-state index contributed by atoms with van der Waals surface area (Å²) in [6.07, 6.45) is 4.68. The van der Waals surface area contributed by atoms with Gasteiger partial charge in [-0.25, -0.2) is 0 Å². The lowest BCUT2D eigenvalue weighted by atomic mass is 10.0. The summed E-state index contributed by atoms with van der Waals surface area (Å²) in [6, 6.07) is 23.2. The minimum Gasteiger partial charge on any atom is -0.439 e. The van der Waals surface area contributed by atoms with Crippen molar-refractivity contribution in [1.82, 2.24) is 0 Å². The number of hydrogen-bond donors (Lipinski definition) is 2. The van der Waals surface area contributed by atoms with Gasteiger partial charge in [-0.2, -0.15) is 21.4 Å². The quantitative estimate of drug-likeness (QED) is 0.144. The molecule has 1 aliphatic rings. The van der Waals surface area contributed by atoms with Crippen LogP contribution in [0.3, 0.4) is 0 Å². The number of aryl methyl sites for hydroxylation is 1. The highest BCUT2D eigenvalue weighted by atomic mass is 32.2. The molecule has 2 heterocycles. The molecule has 3 aromatic carbocycles. The van der Waals surface area contributed by atoms with Crippen LogP contribution in [0.5, 0.6) is 5.75 Å². The van der Waals surface area contributed by atoms with Crippen LogP contribution in [0.1, 0.15) is 39.0 Å². The molecular weight excluding hydrogens is 604 g/mol. The first-order valence-corrected chi connectivity index (χ1v) is 17.4. The highest BCUT2D eigenvalue weighted by Crippen LogP contribution is 2.42. The number of aromatic nitrogens is 1. The van der Waals surface area contributed by atoms with Crippen molar-refractivity contribution in [3.8, 4) is 16.9 Å². The third kappa shape index (κ3) is 7.39. The van der Waals surface area contributed by atoms with Gasteiger partial charge in [0.15, 0.2) is 12.3 Å². The van der Waals surface area contributed by atoms with E-state index in [-0.39, 0.29) is 25.1 Å². The van der Waals surface area contributed by atoms with Gasteiger partial charge < -0.3 is 14.1 Å². The van der Waals surface area contributed by atoms with Crippen LogP contribution in [0.4, 0.5) is 5.69 Å².